The fraction of sp³-hybridized carbons (Fsp3) is 0.933. The van der Waals surface area contributed by atoms with E-state index in [-0.39, 0.29) is 11.5 Å². The van der Waals surface area contributed by atoms with Crippen molar-refractivity contribution in [2.24, 2.45) is 56.7 Å². The molecule has 0 radical (unpaired) electrons. The first kappa shape index (κ1) is 22.5. The molecule has 31 heavy (non-hydrogen) atoms. The summed E-state index contributed by atoms with van der Waals surface area (Å²) in [4.78, 5) is 0. The van der Waals surface area contributed by atoms with Gasteiger partial charge in [0.25, 0.3) is 0 Å². The summed E-state index contributed by atoms with van der Waals surface area (Å²) in [6, 6.07) is 0. The van der Waals surface area contributed by atoms with Crippen LogP contribution in [0.3, 0.4) is 0 Å². The molecule has 0 unspecified atom stereocenters. The number of hydrogen-bond donors (Lipinski definition) is 1. The maximum atomic E-state index is 10.9. The third-order valence-corrected chi connectivity index (χ3v) is 13.5. The van der Waals surface area contributed by atoms with Gasteiger partial charge in [0.05, 0.1) is 6.10 Å². The molecule has 0 aromatic rings. The fourth-order valence-corrected chi connectivity index (χ4v) is 11.5. The number of aliphatic hydroxyl groups excluding tert-OH is 1. The van der Waals surface area contributed by atoms with Crippen LogP contribution in [0.15, 0.2) is 12.2 Å². The summed E-state index contributed by atoms with van der Waals surface area (Å²) in [6.07, 6.45) is 13.4. The number of allylic oxidation sites excluding steroid dienone is 1. The molecule has 5 aliphatic rings. The van der Waals surface area contributed by atoms with Crippen molar-refractivity contribution >= 4 is 0 Å². The van der Waals surface area contributed by atoms with Gasteiger partial charge in [-0.1, -0.05) is 53.7 Å². The van der Waals surface area contributed by atoms with Crippen molar-refractivity contribution in [3.63, 3.8) is 0 Å². The van der Waals surface area contributed by atoms with Crippen LogP contribution in [-0.4, -0.2) is 11.2 Å². The van der Waals surface area contributed by atoms with E-state index in [4.69, 9.17) is 0 Å². The van der Waals surface area contributed by atoms with Crippen LogP contribution in [0.25, 0.3) is 0 Å². The van der Waals surface area contributed by atoms with Gasteiger partial charge in [0.15, 0.2) is 0 Å². The van der Waals surface area contributed by atoms with Gasteiger partial charge in [-0.05, 0) is 128 Å². The highest BCUT2D eigenvalue weighted by molar-refractivity contribution is 5.21. The molecule has 5 saturated carbocycles. The Morgan fingerprint density at radius 3 is 2.13 bits per heavy atom. The second-order valence-corrected chi connectivity index (χ2v) is 14.7. The monoisotopic (exact) mass is 426 g/mol. The molecule has 5 rings (SSSR count). The molecule has 1 N–H and O–H groups in total. The second kappa shape index (κ2) is 6.64. The van der Waals surface area contributed by atoms with Crippen LogP contribution in [0, 0.1) is 56.7 Å². The molecule has 0 amide bonds. The lowest BCUT2D eigenvalue weighted by molar-refractivity contribution is -0.246. The molecule has 0 bridgehead atoms. The smallest absolute Gasteiger partial charge is 0.0594 e. The maximum absolute atomic E-state index is 10.9. The summed E-state index contributed by atoms with van der Waals surface area (Å²) < 4.78 is 0. The summed E-state index contributed by atoms with van der Waals surface area (Å²) in [5.74, 6) is 3.98. The molecule has 0 saturated heterocycles. The lowest BCUT2D eigenvalue weighted by atomic mass is 9.32. The molecular formula is C30H50O. The molecule has 1 heteroatoms. The van der Waals surface area contributed by atoms with Crippen LogP contribution in [0.4, 0.5) is 0 Å². The minimum atomic E-state index is -0.118. The van der Waals surface area contributed by atoms with Crippen LogP contribution in [0.1, 0.15) is 113 Å². The van der Waals surface area contributed by atoms with Gasteiger partial charge in [0, 0.05) is 0 Å². The Hall–Kier alpha value is -0.300. The van der Waals surface area contributed by atoms with Crippen LogP contribution < -0.4 is 0 Å². The predicted molar refractivity (Wildman–Crippen MR) is 131 cm³/mol. The van der Waals surface area contributed by atoms with Crippen molar-refractivity contribution in [3.05, 3.63) is 12.2 Å². The van der Waals surface area contributed by atoms with Crippen molar-refractivity contribution in [3.8, 4) is 0 Å². The molecule has 0 aromatic carbocycles. The normalized spacial score (nSPS) is 57.9. The Balaban J connectivity index is 1.54. The van der Waals surface area contributed by atoms with E-state index in [9.17, 15) is 5.11 Å². The largest absolute Gasteiger partial charge is 0.393 e. The highest BCUT2D eigenvalue weighted by Crippen LogP contribution is 2.77. The summed E-state index contributed by atoms with van der Waals surface area (Å²) in [5, 5.41) is 10.9. The maximum Gasteiger partial charge on any atom is 0.0594 e. The number of rotatable bonds is 1. The van der Waals surface area contributed by atoms with E-state index in [1.807, 2.05) is 0 Å². The molecular weight excluding hydrogens is 376 g/mol. The summed E-state index contributed by atoms with van der Waals surface area (Å²) in [6.45, 7) is 22.3. The zero-order valence-corrected chi connectivity index (χ0v) is 21.7. The first-order valence-electron chi connectivity index (χ1n) is 13.6. The Morgan fingerprint density at radius 2 is 1.45 bits per heavy atom. The Bertz CT molecular complexity index is 766. The van der Waals surface area contributed by atoms with E-state index in [1.165, 1.54) is 63.4 Å². The predicted octanol–water partition coefficient (Wildman–Crippen LogP) is 8.02. The van der Waals surface area contributed by atoms with Gasteiger partial charge in [-0.3, -0.25) is 0 Å². The first-order chi connectivity index (χ1) is 14.3. The van der Waals surface area contributed by atoms with Crippen LogP contribution in [-0.2, 0) is 0 Å². The zero-order chi connectivity index (χ0) is 22.6. The van der Waals surface area contributed by atoms with Gasteiger partial charge in [-0.25, -0.2) is 0 Å². The van der Waals surface area contributed by atoms with E-state index in [0.717, 1.165) is 30.1 Å². The van der Waals surface area contributed by atoms with E-state index in [0.29, 0.717) is 27.6 Å². The second-order valence-electron chi connectivity index (χ2n) is 14.7. The van der Waals surface area contributed by atoms with E-state index in [1.54, 1.807) is 0 Å². The standard InChI is InChI=1S/C30H50O/c1-19(2)20-11-14-27(5)17-18-29(7)21(25(20)27)9-10-23-28(6)15-13-24(31)26(3,4)22(28)12-16-30(23,29)8/h20-25,31H,1,9-18H2,2-8H3/t20-,21-,22-,23+,24+,25+,27-,28+,29+,30-/m1/s1. The Kier molecular flexibility index (Phi) is 4.82. The first-order valence-corrected chi connectivity index (χ1v) is 13.6. The van der Waals surface area contributed by atoms with Gasteiger partial charge in [-0.15, -0.1) is 0 Å². The number of fused-ring (bicyclic) bond motifs is 7. The molecule has 5 aliphatic carbocycles. The number of hydrogen-bond acceptors (Lipinski definition) is 1. The van der Waals surface area contributed by atoms with E-state index >= 15 is 0 Å². The van der Waals surface area contributed by atoms with Gasteiger partial charge < -0.3 is 5.11 Å². The number of aliphatic hydroxyl groups is 1. The van der Waals surface area contributed by atoms with Gasteiger partial charge >= 0.3 is 0 Å². The third kappa shape index (κ3) is 2.65. The summed E-state index contributed by atoms with van der Waals surface area (Å²) in [7, 11) is 0. The lowest BCUT2D eigenvalue weighted by Gasteiger charge is -2.73. The van der Waals surface area contributed by atoms with Crippen molar-refractivity contribution in [2.45, 2.75) is 119 Å². The van der Waals surface area contributed by atoms with Gasteiger partial charge in [0.1, 0.15) is 0 Å². The van der Waals surface area contributed by atoms with Crippen LogP contribution in [0.2, 0.25) is 0 Å². The molecule has 5 fully saturated rings. The minimum Gasteiger partial charge on any atom is -0.393 e. The topological polar surface area (TPSA) is 20.2 Å². The van der Waals surface area contributed by atoms with Crippen molar-refractivity contribution in [1.29, 1.82) is 0 Å². The van der Waals surface area contributed by atoms with Gasteiger partial charge in [-0.2, -0.15) is 0 Å². The van der Waals surface area contributed by atoms with Crippen molar-refractivity contribution in [2.75, 3.05) is 0 Å². The summed E-state index contributed by atoms with van der Waals surface area (Å²) in [5.41, 5.74) is 3.38. The van der Waals surface area contributed by atoms with Crippen molar-refractivity contribution < 1.29 is 5.11 Å². The zero-order valence-electron chi connectivity index (χ0n) is 21.7. The quantitative estimate of drug-likeness (QED) is 0.421. The molecule has 0 aliphatic heterocycles. The van der Waals surface area contributed by atoms with Crippen LogP contribution >= 0.6 is 0 Å². The third-order valence-electron chi connectivity index (χ3n) is 13.5. The summed E-state index contributed by atoms with van der Waals surface area (Å²) >= 11 is 0. The van der Waals surface area contributed by atoms with E-state index < -0.39 is 0 Å². The highest BCUT2D eigenvalue weighted by atomic mass is 16.3. The average molecular weight is 427 g/mol. The lowest BCUT2D eigenvalue weighted by Crippen LogP contribution is -2.66. The molecule has 176 valence electrons. The molecule has 0 spiro atoms. The Labute approximate surface area is 192 Å². The molecule has 0 aromatic heterocycles. The van der Waals surface area contributed by atoms with E-state index in [2.05, 4.69) is 55.0 Å². The SMILES string of the molecule is C=C(C)[C@H]1CC[C@]2(C)CC[C@@]3(C)[C@H](CC[C@H]4[C@@]5(C)CC[C@H](O)C(C)(C)[C@H]5CC[C@]43C)[C@H]12. The van der Waals surface area contributed by atoms with Crippen molar-refractivity contribution in [1.82, 2.24) is 0 Å². The average Bonchev–Trinajstić information content (AvgIpc) is 3.04. The minimum absolute atomic E-state index is 0.0632. The highest BCUT2D eigenvalue weighted by Gasteiger charge is 2.70. The molecule has 1 nitrogen and oxygen atoms in total. The van der Waals surface area contributed by atoms with Crippen LogP contribution in [0.5, 0.6) is 0 Å². The van der Waals surface area contributed by atoms with Gasteiger partial charge in [0.2, 0.25) is 0 Å². The Morgan fingerprint density at radius 1 is 0.742 bits per heavy atom. The molecule has 0 heterocycles. The fourth-order valence-electron chi connectivity index (χ4n) is 11.5. The molecule has 10 atom stereocenters.